The minimum Gasteiger partial charge on any atom is -0.361 e. The van der Waals surface area contributed by atoms with E-state index in [0.29, 0.717) is 0 Å². The van der Waals surface area contributed by atoms with Crippen LogP contribution in [0.1, 0.15) is 41.5 Å². The first-order valence-electron chi connectivity index (χ1n) is 7.62. The smallest absolute Gasteiger partial charge is 0.322 e. The normalized spacial score (nSPS) is 17.8. The van der Waals surface area contributed by atoms with Crippen molar-refractivity contribution in [2.24, 2.45) is 0 Å². The van der Waals surface area contributed by atoms with E-state index >= 15 is 0 Å². The number of aryl methyl sites for hydroxylation is 3. The van der Waals surface area contributed by atoms with E-state index in [1.54, 1.807) is 0 Å². The molecule has 116 valence electrons. The molecule has 0 unspecified atom stereocenters. The van der Waals surface area contributed by atoms with Gasteiger partial charge in [0, 0.05) is 18.3 Å². The number of hydrogen-bond donors (Lipinski definition) is 1. The first-order valence-corrected chi connectivity index (χ1v) is 7.62. The van der Waals surface area contributed by atoms with Gasteiger partial charge < -0.3 is 14.7 Å². The van der Waals surface area contributed by atoms with Gasteiger partial charge in [0.15, 0.2) is 0 Å². The average molecular weight is 299 g/mol. The molecule has 1 aromatic heterocycles. The number of rotatable bonds is 2. The van der Waals surface area contributed by atoms with Crippen LogP contribution in [0.15, 0.2) is 28.8 Å². The van der Waals surface area contributed by atoms with Crippen molar-refractivity contribution in [2.45, 2.75) is 39.7 Å². The number of anilines is 1. The Morgan fingerprint density at radius 3 is 2.86 bits per heavy atom. The molecule has 0 spiro atoms. The van der Waals surface area contributed by atoms with E-state index in [0.717, 1.165) is 47.7 Å². The van der Waals surface area contributed by atoms with Crippen LogP contribution in [0.2, 0.25) is 0 Å². The van der Waals surface area contributed by atoms with Crippen LogP contribution in [-0.2, 0) is 0 Å². The van der Waals surface area contributed by atoms with E-state index in [-0.39, 0.29) is 12.1 Å². The molecule has 0 aliphatic carbocycles. The van der Waals surface area contributed by atoms with E-state index in [9.17, 15) is 4.79 Å². The molecule has 2 aromatic rings. The van der Waals surface area contributed by atoms with Crippen LogP contribution in [0, 0.1) is 20.8 Å². The highest BCUT2D eigenvalue weighted by Crippen LogP contribution is 2.32. The van der Waals surface area contributed by atoms with Crippen LogP contribution in [0.4, 0.5) is 10.5 Å². The third kappa shape index (κ3) is 2.84. The van der Waals surface area contributed by atoms with Gasteiger partial charge in [-0.25, -0.2) is 4.79 Å². The summed E-state index contributed by atoms with van der Waals surface area (Å²) in [6, 6.07) is 7.90. The highest BCUT2D eigenvalue weighted by Gasteiger charge is 2.32. The number of urea groups is 1. The fourth-order valence-corrected chi connectivity index (χ4v) is 2.92. The third-order valence-corrected chi connectivity index (χ3v) is 4.14. The molecule has 1 atom stereocenters. The van der Waals surface area contributed by atoms with Crippen molar-refractivity contribution >= 4 is 11.7 Å². The van der Waals surface area contributed by atoms with Gasteiger partial charge in [-0.2, -0.15) is 0 Å². The zero-order chi connectivity index (χ0) is 15.7. The van der Waals surface area contributed by atoms with E-state index in [4.69, 9.17) is 4.52 Å². The quantitative estimate of drug-likeness (QED) is 0.912. The van der Waals surface area contributed by atoms with Gasteiger partial charge in [0.05, 0.1) is 6.04 Å². The van der Waals surface area contributed by atoms with Crippen LogP contribution in [0.3, 0.4) is 0 Å². The molecule has 1 fully saturated rings. The van der Waals surface area contributed by atoms with E-state index in [1.165, 1.54) is 0 Å². The van der Waals surface area contributed by atoms with Crippen molar-refractivity contribution in [3.63, 3.8) is 0 Å². The Kier molecular flexibility index (Phi) is 3.88. The standard InChI is InChI=1S/C17H21N3O2/c1-11-6-7-12(2)14(9-11)18-17(21)20-8-4-5-16(20)15-10-13(3)22-19-15/h6-7,9-10,16H,4-5,8H2,1-3H3,(H,18,21)/t16-/m0/s1. The third-order valence-electron chi connectivity index (χ3n) is 4.14. The summed E-state index contributed by atoms with van der Waals surface area (Å²) in [4.78, 5) is 14.5. The van der Waals surface area contributed by atoms with Gasteiger partial charge in [-0.1, -0.05) is 17.3 Å². The Morgan fingerprint density at radius 1 is 1.32 bits per heavy atom. The molecule has 1 saturated heterocycles. The highest BCUT2D eigenvalue weighted by molar-refractivity contribution is 5.90. The van der Waals surface area contributed by atoms with Gasteiger partial charge in [0.25, 0.3) is 0 Å². The second-order valence-corrected chi connectivity index (χ2v) is 5.96. The van der Waals surface area contributed by atoms with Crippen LogP contribution >= 0.6 is 0 Å². The molecule has 1 aliphatic rings. The molecule has 1 aromatic carbocycles. The van der Waals surface area contributed by atoms with Gasteiger partial charge >= 0.3 is 6.03 Å². The van der Waals surface area contributed by atoms with Gasteiger partial charge in [0.1, 0.15) is 11.5 Å². The Bertz CT molecular complexity index is 693. The van der Waals surface area contributed by atoms with Crippen molar-refractivity contribution in [2.75, 3.05) is 11.9 Å². The molecule has 3 rings (SSSR count). The first kappa shape index (κ1) is 14.6. The predicted molar refractivity (Wildman–Crippen MR) is 84.9 cm³/mol. The van der Waals surface area contributed by atoms with Crippen LogP contribution < -0.4 is 5.32 Å². The van der Waals surface area contributed by atoms with Crippen molar-refractivity contribution in [1.29, 1.82) is 0 Å². The Hall–Kier alpha value is -2.30. The lowest BCUT2D eigenvalue weighted by molar-refractivity contribution is 0.204. The van der Waals surface area contributed by atoms with E-state index in [1.807, 2.05) is 49.9 Å². The lowest BCUT2D eigenvalue weighted by atomic mass is 10.1. The van der Waals surface area contributed by atoms with E-state index in [2.05, 4.69) is 10.5 Å². The zero-order valence-corrected chi connectivity index (χ0v) is 13.2. The average Bonchev–Trinajstić information content (AvgIpc) is 3.11. The fraction of sp³-hybridized carbons (Fsp3) is 0.412. The summed E-state index contributed by atoms with van der Waals surface area (Å²) in [6.07, 6.45) is 1.91. The van der Waals surface area contributed by atoms with Crippen molar-refractivity contribution in [3.05, 3.63) is 46.8 Å². The summed E-state index contributed by atoms with van der Waals surface area (Å²) in [6.45, 7) is 6.63. The summed E-state index contributed by atoms with van der Waals surface area (Å²) in [5.41, 5.74) is 3.90. The van der Waals surface area contributed by atoms with Gasteiger partial charge in [-0.05, 0) is 50.8 Å². The molecule has 0 saturated carbocycles. The van der Waals surface area contributed by atoms with Gasteiger partial charge in [-0.15, -0.1) is 0 Å². The molecular weight excluding hydrogens is 278 g/mol. The first-order chi connectivity index (χ1) is 10.5. The molecule has 0 bridgehead atoms. The summed E-state index contributed by atoms with van der Waals surface area (Å²) in [5.74, 6) is 0.775. The minimum atomic E-state index is -0.0724. The molecule has 0 radical (unpaired) electrons. The molecule has 1 N–H and O–H groups in total. The number of carbonyl (C=O) groups excluding carboxylic acids is 1. The molecule has 1 aliphatic heterocycles. The molecule has 2 heterocycles. The SMILES string of the molecule is Cc1ccc(C)c(NC(=O)N2CCC[C@H]2c2cc(C)on2)c1. The lowest BCUT2D eigenvalue weighted by Gasteiger charge is -2.24. The maximum absolute atomic E-state index is 12.6. The number of likely N-dealkylation sites (tertiary alicyclic amines) is 1. The summed E-state index contributed by atoms with van der Waals surface area (Å²) < 4.78 is 5.15. The number of nitrogens with one attached hydrogen (secondary N) is 1. The Labute approximate surface area is 130 Å². The van der Waals surface area contributed by atoms with Crippen LogP contribution in [0.25, 0.3) is 0 Å². The Balaban J connectivity index is 1.77. The molecular formula is C17H21N3O2. The molecule has 2 amide bonds. The maximum Gasteiger partial charge on any atom is 0.322 e. The summed E-state index contributed by atoms with van der Waals surface area (Å²) in [7, 11) is 0. The topological polar surface area (TPSA) is 58.4 Å². The van der Waals surface area contributed by atoms with Crippen molar-refractivity contribution in [3.8, 4) is 0 Å². The van der Waals surface area contributed by atoms with Crippen LogP contribution in [-0.4, -0.2) is 22.6 Å². The second-order valence-electron chi connectivity index (χ2n) is 5.96. The number of nitrogens with zero attached hydrogens (tertiary/aromatic N) is 2. The van der Waals surface area contributed by atoms with Crippen molar-refractivity contribution in [1.82, 2.24) is 10.1 Å². The van der Waals surface area contributed by atoms with Crippen molar-refractivity contribution < 1.29 is 9.32 Å². The van der Waals surface area contributed by atoms with E-state index < -0.39 is 0 Å². The highest BCUT2D eigenvalue weighted by atomic mass is 16.5. The molecule has 5 nitrogen and oxygen atoms in total. The van der Waals surface area contributed by atoms with Gasteiger partial charge in [0.2, 0.25) is 0 Å². The predicted octanol–water partition coefficient (Wildman–Crippen LogP) is 3.97. The summed E-state index contributed by atoms with van der Waals surface area (Å²) in [5, 5.41) is 7.10. The summed E-state index contributed by atoms with van der Waals surface area (Å²) >= 11 is 0. The number of carbonyl (C=O) groups is 1. The Morgan fingerprint density at radius 2 is 2.14 bits per heavy atom. The molecule has 5 heteroatoms. The monoisotopic (exact) mass is 299 g/mol. The number of amides is 2. The lowest BCUT2D eigenvalue weighted by Crippen LogP contribution is -2.34. The number of hydrogen-bond acceptors (Lipinski definition) is 3. The number of aromatic nitrogens is 1. The molecule has 22 heavy (non-hydrogen) atoms. The zero-order valence-electron chi connectivity index (χ0n) is 13.2. The van der Waals surface area contributed by atoms with Gasteiger partial charge in [-0.3, -0.25) is 0 Å². The largest absolute Gasteiger partial charge is 0.361 e. The number of benzene rings is 1. The second kappa shape index (κ2) is 5.83. The fourth-order valence-electron chi connectivity index (χ4n) is 2.92. The van der Waals surface area contributed by atoms with Crippen LogP contribution in [0.5, 0.6) is 0 Å². The minimum absolute atomic E-state index is 0.00238. The maximum atomic E-state index is 12.6.